The lowest BCUT2D eigenvalue weighted by molar-refractivity contribution is 0.401. The first-order chi connectivity index (χ1) is 8.58. The third-order valence-electron chi connectivity index (χ3n) is 2.51. The van der Waals surface area contributed by atoms with Crippen molar-refractivity contribution in [2.45, 2.75) is 25.7 Å². The van der Waals surface area contributed by atoms with E-state index in [1.54, 1.807) is 6.33 Å². The molecule has 0 saturated heterocycles. The molecule has 2 N–H and O–H groups in total. The minimum Gasteiger partial charge on any atom is -0.427 e. The molecule has 0 radical (unpaired) electrons. The highest BCUT2D eigenvalue weighted by atomic mass is 35.5. The smallest absolute Gasteiger partial charge is 0.427 e. The fourth-order valence-electron chi connectivity index (χ4n) is 1.66. The van der Waals surface area contributed by atoms with Crippen LogP contribution in [-0.4, -0.2) is 36.7 Å². The summed E-state index contributed by atoms with van der Waals surface area (Å²) in [5.41, 5.74) is 1.10. The lowest BCUT2D eigenvalue weighted by Crippen LogP contribution is -2.10. The molecule has 2 rings (SSSR count). The zero-order valence-corrected chi connectivity index (χ0v) is 10.9. The molecule has 6 nitrogen and oxygen atoms in total. The summed E-state index contributed by atoms with van der Waals surface area (Å²) < 4.78 is 1.82. The number of imidazole rings is 1. The number of halogens is 2. The molecule has 0 spiro atoms. The maximum Gasteiger partial charge on any atom is 0.451 e. The molecule has 0 amide bonds. The standard InChI is InChI=1S/C9H11BCl2N4O2/c11-7-6-8(15-9(12)14-7)16(5-13-6)4-2-1-3-10(17)18/h5,17-18H,1-4H2. The van der Waals surface area contributed by atoms with Crippen LogP contribution in [0.1, 0.15) is 12.8 Å². The van der Waals surface area contributed by atoms with Gasteiger partial charge < -0.3 is 14.6 Å². The molecule has 2 aromatic heterocycles. The van der Waals surface area contributed by atoms with E-state index in [-0.39, 0.29) is 10.4 Å². The van der Waals surface area contributed by atoms with Gasteiger partial charge in [-0.3, -0.25) is 0 Å². The van der Waals surface area contributed by atoms with E-state index in [0.29, 0.717) is 30.4 Å². The van der Waals surface area contributed by atoms with Crippen LogP contribution in [0.2, 0.25) is 16.8 Å². The predicted octanol–water partition coefficient (Wildman–Crippen LogP) is 1.39. The molecule has 0 fully saturated rings. The number of unbranched alkanes of at least 4 members (excludes halogenated alkanes) is 1. The topological polar surface area (TPSA) is 84.1 Å². The van der Waals surface area contributed by atoms with Gasteiger partial charge in [0.2, 0.25) is 5.28 Å². The Hall–Kier alpha value is -0.885. The summed E-state index contributed by atoms with van der Waals surface area (Å²) in [7, 11) is -1.25. The van der Waals surface area contributed by atoms with Crippen molar-refractivity contribution in [1.82, 2.24) is 19.5 Å². The predicted molar refractivity (Wildman–Crippen MR) is 69.6 cm³/mol. The van der Waals surface area contributed by atoms with E-state index in [1.165, 1.54) is 0 Å². The molecule has 0 atom stereocenters. The van der Waals surface area contributed by atoms with Crippen LogP contribution in [-0.2, 0) is 6.54 Å². The minimum atomic E-state index is -1.25. The number of nitrogens with zero attached hydrogens (tertiary/aromatic N) is 4. The van der Waals surface area contributed by atoms with Crippen molar-refractivity contribution in [2.24, 2.45) is 0 Å². The van der Waals surface area contributed by atoms with E-state index < -0.39 is 7.12 Å². The van der Waals surface area contributed by atoms with Crippen molar-refractivity contribution in [1.29, 1.82) is 0 Å². The van der Waals surface area contributed by atoms with Crippen LogP contribution in [0.5, 0.6) is 0 Å². The molecule has 0 bridgehead atoms. The number of aryl methyl sites for hydroxylation is 1. The number of hydrogen-bond donors (Lipinski definition) is 2. The molecule has 0 aliphatic heterocycles. The summed E-state index contributed by atoms with van der Waals surface area (Å²) in [6.45, 7) is 0.660. The normalized spacial score (nSPS) is 11.1. The van der Waals surface area contributed by atoms with E-state index in [0.717, 1.165) is 6.42 Å². The van der Waals surface area contributed by atoms with Crippen molar-refractivity contribution in [2.75, 3.05) is 0 Å². The zero-order valence-electron chi connectivity index (χ0n) is 9.42. The second kappa shape index (κ2) is 5.84. The molecule has 0 aliphatic carbocycles. The van der Waals surface area contributed by atoms with Gasteiger partial charge in [-0.15, -0.1) is 0 Å². The number of fused-ring (bicyclic) bond motifs is 1. The van der Waals surface area contributed by atoms with E-state index in [9.17, 15) is 0 Å². The van der Waals surface area contributed by atoms with Gasteiger partial charge in [0, 0.05) is 6.54 Å². The van der Waals surface area contributed by atoms with Gasteiger partial charge >= 0.3 is 7.12 Å². The van der Waals surface area contributed by atoms with Crippen LogP contribution in [0.15, 0.2) is 6.33 Å². The van der Waals surface area contributed by atoms with Crippen LogP contribution in [0.3, 0.4) is 0 Å². The highest BCUT2D eigenvalue weighted by Crippen LogP contribution is 2.20. The molecule has 96 valence electrons. The SMILES string of the molecule is OB(O)CCCCn1cnc2c(Cl)nc(Cl)nc21. The Morgan fingerprint density at radius 3 is 2.72 bits per heavy atom. The first kappa shape index (κ1) is 13.5. The summed E-state index contributed by atoms with van der Waals surface area (Å²) in [4.78, 5) is 12.0. The van der Waals surface area contributed by atoms with E-state index in [1.807, 2.05) is 4.57 Å². The quantitative estimate of drug-likeness (QED) is 0.376. The van der Waals surface area contributed by atoms with Crippen LogP contribution in [0.25, 0.3) is 11.2 Å². The molecule has 0 aromatic carbocycles. The monoisotopic (exact) mass is 288 g/mol. The second-order valence-corrected chi connectivity index (χ2v) is 4.57. The van der Waals surface area contributed by atoms with E-state index >= 15 is 0 Å². The van der Waals surface area contributed by atoms with Gasteiger partial charge in [0.15, 0.2) is 10.8 Å². The minimum absolute atomic E-state index is 0.0834. The molecule has 2 heterocycles. The van der Waals surface area contributed by atoms with E-state index in [2.05, 4.69) is 15.0 Å². The van der Waals surface area contributed by atoms with Crippen molar-refractivity contribution < 1.29 is 10.0 Å². The molecule has 18 heavy (non-hydrogen) atoms. The van der Waals surface area contributed by atoms with Gasteiger partial charge in [0.05, 0.1) is 6.33 Å². The Morgan fingerprint density at radius 2 is 2.00 bits per heavy atom. The number of aromatic nitrogens is 4. The summed E-state index contributed by atoms with van der Waals surface area (Å²) in [5.74, 6) is 0. The molecular weight excluding hydrogens is 278 g/mol. The van der Waals surface area contributed by atoms with Crippen molar-refractivity contribution in [3.63, 3.8) is 0 Å². The Labute approximate surface area is 114 Å². The largest absolute Gasteiger partial charge is 0.451 e. The summed E-state index contributed by atoms with van der Waals surface area (Å²) in [6.07, 6.45) is 3.45. The fourth-order valence-corrected chi connectivity index (χ4v) is 2.08. The van der Waals surface area contributed by atoms with Crippen LogP contribution in [0.4, 0.5) is 0 Å². The lowest BCUT2D eigenvalue weighted by Gasteiger charge is -2.03. The summed E-state index contributed by atoms with van der Waals surface area (Å²) in [5, 5.41) is 17.8. The first-order valence-electron chi connectivity index (χ1n) is 5.48. The maximum atomic E-state index is 8.74. The third-order valence-corrected chi connectivity index (χ3v) is 2.94. The summed E-state index contributed by atoms with van der Waals surface area (Å²) in [6, 6.07) is 0. The Kier molecular flexibility index (Phi) is 4.39. The molecule has 0 unspecified atom stereocenters. The average molecular weight is 289 g/mol. The highest BCUT2D eigenvalue weighted by molar-refractivity contribution is 6.40. The van der Waals surface area contributed by atoms with Crippen LogP contribution < -0.4 is 0 Å². The van der Waals surface area contributed by atoms with Crippen molar-refractivity contribution >= 4 is 41.5 Å². The molecule has 9 heteroatoms. The van der Waals surface area contributed by atoms with Gasteiger partial charge in [0.25, 0.3) is 0 Å². The molecular formula is C9H11BCl2N4O2. The van der Waals surface area contributed by atoms with Crippen molar-refractivity contribution in [3.05, 3.63) is 16.8 Å². The van der Waals surface area contributed by atoms with Gasteiger partial charge in [-0.05, 0) is 24.3 Å². The van der Waals surface area contributed by atoms with E-state index in [4.69, 9.17) is 33.2 Å². The Balaban J connectivity index is 2.09. The fraction of sp³-hybridized carbons (Fsp3) is 0.444. The Morgan fingerprint density at radius 1 is 1.22 bits per heavy atom. The molecule has 0 aliphatic rings. The first-order valence-corrected chi connectivity index (χ1v) is 6.23. The molecule has 0 saturated carbocycles. The second-order valence-electron chi connectivity index (χ2n) is 3.87. The van der Waals surface area contributed by atoms with Crippen LogP contribution >= 0.6 is 23.2 Å². The van der Waals surface area contributed by atoms with Gasteiger partial charge in [-0.1, -0.05) is 18.0 Å². The zero-order chi connectivity index (χ0) is 13.1. The lowest BCUT2D eigenvalue weighted by atomic mass is 9.84. The number of rotatable bonds is 5. The summed E-state index contributed by atoms with van der Waals surface area (Å²) >= 11 is 11.6. The number of hydrogen-bond acceptors (Lipinski definition) is 5. The van der Waals surface area contributed by atoms with Gasteiger partial charge in [-0.25, -0.2) is 9.97 Å². The van der Waals surface area contributed by atoms with Crippen molar-refractivity contribution in [3.8, 4) is 0 Å². The maximum absolute atomic E-state index is 8.74. The molecule has 2 aromatic rings. The van der Waals surface area contributed by atoms with Crippen LogP contribution in [0, 0.1) is 0 Å². The van der Waals surface area contributed by atoms with Gasteiger partial charge in [-0.2, -0.15) is 4.98 Å². The average Bonchev–Trinajstić information content (AvgIpc) is 2.67. The Bertz CT molecular complexity index is 549. The van der Waals surface area contributed by atoms with Gasteiger partial charge in [0.1, 0.15) is 5.52 Å². The highest BCUT2D eigenvalue weighted by Gasteiger charge is 2.11. The third kappa shape index (κ3) is 3.11.